The van der Waals surface area contributed by atoms with Crippen LogP contribution in [-0.4, -0.2) is 23.7 Å². The Morgan fingerprint density at radius 2 is 1.77 bits per heavy atom. The van der Waals surface area contributed by atoms with Crippen molar-refractivity contribution in [2.75, 3.05) is 7.11 Å². The molecule has 3 rings (SSSR count). The second-order valence-electron chi connectivity index (χ2n) is 4.78. The molecule has 0 bridgehead atoms. The van der Waals surface area contributed by atoms with Crippen LogP contribution >= 0.6 is 11.6 Å². The number of ether oxygens (including phenoxy) is 1. The van der Waals surface area contributed by atoms with Crippen LogP contribution in [0.1, 0.15) is 20.7 Å². The maximum absolute atomic E-state index is 12.4. The molecular formula is C17H12ClNO3. The molecule has 0 spiro atoms. The SMILES string of the molecule is COc1ccc(C(=O)C(=O)c2c[nH]c3ccc(Cl)cc23)cc1. The van der Waals surface area contributed by atoms with Crippen LogP contribution in [0.25, 0.3) is 10.9 Å². The van der Waals surface area contributed by atoms with E-state index >= 15 is 0 Å². The molecule has 4 nitrogen and oxygen atoms in total. The smallest absolute Gasteiger partial charge is 0.235 e. The second kappa shape index (κ2) is 5.66. The van der Waals surface area contributed by atoms with Gasteiger partial charge in [-0.25, -0.2) is 0 Å². The highest BCUT2D eigenvalue weighted by atomic mass is 35.5. The fraction of sp³-hybridized carbons (Fsp3) is 0.0588. The van der Waals surface area contributed by atoms with Crippen molar-refractivity contribution in [1.29, 1.82) is 0 Å². The van der Waals surface area contributed by atoms with Gasteiger partial charge in [0.2, 0.25) is 11.6 Å². The molecular weight excluding hydrogens is 302 g/mol. The number of hydrogen-bond acceptors (Lipinski definition) is 3. The molecule has 0 saturated heterocycles. The molecule has 0 aliphatic carbocycles. The number of H-pyrrole nitrogens is 1. The van der Waals surface area contributed by atoms with E-state index in [-0.39, 0.29) is 0 Å². The highest BCUT2D eigenvalue weighted by molar-refractivity contribution is 6.51. The van der Waals surface area contributed by atoms with Crippen molar-refractivity contribution in [2.45, 2.75) is 0 Å². The van der Waals surface area contributed by atoms with E-state index in [0.29, 0.717) is 27.3 Å². The van der Waals surface area contributed by atoms with Gasteiger partial charge in [-0.2, -0.15) is 0 Å². The van der Waals surface area contributed by atoms with Gasteiger partial charge in [0.25, 0.3) is 0 Å². The lowest BCUT2D eigenvalue weighted by Crippen LogP contribution is -2.14. The third-order valence-electron chi connectivity index (χ3n) is 3.45. The summed E-state index contributed by atoms with van der Waals surface area (Å²) in [5, 5.41) is 1.15. The van der Waals surface area contributed by atoms with Gasteiger partial charge in [-0.15, -0.1) is 0 Å². The van der Waals surface area contributed by atoms with Crippen LogP contribution in [0.2, 0.25) is 5.02 Å². The normalized spacial score (nSPS) is 10.6. The van der Waals surface area contributed by atoms with Gasteiger partial charge in [-0.3, -0.25) is 9.59 Å². The summed E-state index contributed by atoms with van der Waals surface area (Å²) in [5.41, 5.74) is 1.40. The number of rotatable bonds is 4. The lowest BCUT2D eigenvalue weighted by atomic mass is 10.0. The average Bonchev–Trinajstić information content (AvgIpc) is 2.96. The maximum atomic E-state index is 12.4. The standard InChI is InChI=1S/C17H12ClNO3/c1-22-12-5-2-10(3-6-12)16(20)17(21)14-9-19-15-7-4-11(18)8-13(14)15/h2-9,19H,1H3. The van der Waals surface area contributed by atoms with Gasteiger partial charge in [0.1, 0.15) is 5.75 Å². The van der Waals surface area contributed by atoms with Crippen LogP contribution in [0.15, 0.2) is 48.7 Å². The summed E-state index contributed by atoms with van der Waals surface area (Å²) in [6.07, 6.45) is 1.53. The molecule has 3 aromatic rings. The predicted octanol–water partition coefficient (Wildman–Crippen LogP) is 3.90. The van der Waals surface area contributed by atoms with Crippen molar-refractivity contribution in [1.82, 2.24) is 4.98 Å². The van der Waals surface area contributed by atoms with Gasteiger partial charge >= 0.3 is 0 Å². The Hall–Kier alpha value is -2.59. The molecule has 0 saturated carbocycles. The number of methoxy groups -OCH3 is 1. The topological polar surface area (TPSA) is 59.2 Å². The fourth-order valence-electron chi connectivity index (χ4n) is 2.28. The highest BCUT2D eigenvalue weighted by Gasteiger charge is 2.21. The van der Waals surface area contributed by atoms with Gasteiger partial charge in [-0.1, -0.05) is 11.6 Å². The zero-order valence-electron chi connectivity index (χ0n) is 11.7. The van der Waals surface area contributed by atoms with Crippen molar-refractivity contribution >= 4 is 34.1 Å². The molecule has 1 heterocycles. The van der Waals surface area contributed by atoms with Gasteiger partial charge < -0.3 is 9.72 Å². The molecule has 0 aliphatic heterocycles. The summed E-state index contributed by atoms with van der Waals surface area (Å²) in [5.74, 6) is -0.509. The second-order valence-corrected chi connectivity index (χ2v) is 5.22. The number of ketones is 2. The number of carbonyl (C=O) groups is 2. The molecule has 0 fully saturated rings. The zero-order valence-corrected chi connectivity index (χ0v) is 12.5. The lowest BCUT2D eigenvalue weighted by molar-refractivity contribution is 0.0818. The Kier molecular flexibility index (Phi) is 3.69. The van der Waals surface area contributed by atoms with E-state index in [0.717, 1.165) is 5.52 Å². The average molecular weight is 314 g/mol. The molecule has 1 aromatic heterocycles. The molecule has 2 aromatic carbocycles. The minimum atomic E-state index is -0.571. The molecule has 5 heteroatoms. The van der Waals surface area contributed by atoms with Crippen LogP contribution in [0.4, 0.5) is 0 Å². The van der Waals surface area contributed by atoms with E-state index in [2.05, 4.69) is 4.98 Å². The minimum Gasteiger partial charge on any atom is -0.497 e. The zero-order chi connectivity index (χ0) is 15.7. The molecule has 22 heavy (non-hydrogen) atoms. The number of halogens is 1. The lowest BCUT2D eigenvalue weighted by Gasteiger charge is -2.02. The van der Waals surface area contributed by atoms with Crippen LogP contribution < -0.4 is 4.74 Å². The number of Topliss-reactive ketones (excluding diaryl/α,β-unsaturated/α-hetero) is 2. The predicted molar refractivity (Wildman–Crippen MR) is 85.0 cm³/mol. The van der Waals surface area contributed by atoms with Gasteiger partial charge in [0.15, 0.2) is 0 Å². The summed E-state index contributed by atoms with van der Waals surface area (Å²) in [7, 11) is 1.54. The van der Waals surface area contributed by atoms with E-state index in [1.165, 1.54) is 13.3 Å². The van der Waals surface area contributed by atoms with Crippen molar-refractivity contribution in [2.24, 2.45) is 0 Å². The fourth-order valence-corrected chi connectivity index (χ4v) is 2.45. The number of aromatic nitrogens is 1. The summed E-state index contributed by atoms with van der Waals surface area (Å²) >= 11 is 5.96. The largest absolute Gasteiger partial charge is 0.497 e. The highest BCUT2D eigenvalue weighted by Crippen LogP contribution is 2.24. The molecule has 0 unspecified atom stereocenters. The van der Waals surface area contributed by atoms with E-state index in [9.17, 15) is 9.59 Å². The van der Waals surface area contributed by atoms with Crippen molar-refractivity contribution in [3.8, 4) is 5.75 Å². The quantitative estimate of drug-likeness (QED) is 0.587. The Balaban J connectivity index is 1.97. The van der Waals surface area contributed by atoms with E-state index in [1.54, 1.807) is 42.5 Å². The summed E-state index contributed by atoms with van der Waals surface area (Å²) in [6.45, 7) is 0. The first-order chi connectivity index (χ1) is 10.6. The first-order valence-electron chi connectivity index (χ1n) is 6.60. The van der Waals surface area contributed by atoms with Crippen molar-refractivity contribution < 1.29 is 14.3 Å². The van der Waals surface area contributed by atoms with Crippen molar-refractivity contribution in [3.63, 3.8) is 0 Å². The molecule has 0 atom stereocenters. The van der Waals surface area contributed by atoms with Crippen LogP contribution in [0, 0.1) is 0 Å². The number of carbonyl (C=O) groups excluding carboxylic acids is 2. The van der Waals surface area contributed by atoms with Gasteiger partial charge in [-0.05, 0) is 42.5 Å². The molecule has 0 aliphatic rings. The summed E-state index contributed by atoms with van der Waals surface area (Å²) in [6, 6.07) is 11.6. The van der Waals surface area contributed by atoms with E-state index < -0.39 is 11.6 Å². The third kappa shape index (κ3) is 2.49. The Morgan fingerprint density at radius 1 is 1.05 bits per heavy atom. The minimum absolute atomic E-state index is 0.318. The Labute approximate surface area is 131 Å². The number of fused-ring (bicyclic) bond motifs is 1. The molecule has 0 amide bonds. The summed E-state index contributed by atoms with van der Waals surface area (Å²) in [4.78, 5) is 27.7. The maximum Gasteiger partial charge on any atom is 0.235 e. The van der Waals surface area contributed by atoms with Crippen LogP contribution in [0.5, 0.6) is 5.75 Å². The molecule has 110 valence electrons. The number of nitrogens with one attached hydrogen (secondary N) is 1. The van der Waals surface area contributed by atoms with Gasteiger partial charge in [0, 0.05) is 27.7 Å². The molecule has 1 N–H and O–H groups in total. The first-order valence-corrected chi connectivity index (χ1v) is 6.97. The summed E-state index contributed by atoms with van der Waals surface area (Å²) < 4.78 is 5.04. The number of aromatic amines is 1. The van der Waals surface area contributed by atoms with Crippen LogP contribution in [-0.2, 0) is 0 Å². The number of benzene rings is 2. The van der Waals surface area contributed by atoms with E-state index in [4.69, 9.17) is 16.3 Å². The monoisotopic (exact) mass is 313 g/mol. The van der Waals surface area contributed by atoms with Crippen molar-refractivity contribution in [3.05, 3.63) is 64.8 Å². The number of hydrogen-bond donors (Lipinski definition) is 1. The van der Waals surface area contributed by atoms with Crippen LogP contribution in [0.3, 0.4) is 0 Å². The third-order valence-corrected chi connectivity index (χ3v) is 3.68. The molecule has 0 radical (unpaired) electrons. The van der Waals surface area contributed by atoms with E-state index in [1.807, 2.05) is 0 Å². The first kappa shape index (κ1) is 14.4. The van der Waals surface area contributed by atoms with Gasteiger partial charge in [0.05, 0.1) is 12.7 Å². The Bertz CT molecular complexity index is 865. The Morgan fingerprint density at radius 3 is 2.45 bits per heavy atom.